The molecule has 0 saturated carbocycles. The maximum Gasteiger partial charge on any atom is 0.269 e. The first-order valence-corrected chi connectivity index (χ1v) is 7.49. The molecule has 120 valence electrons. The summed E-state index contributed by atoms with van der Waals surface area (Å²) in [6.45, 7) is 4.04. The lowest BCUT2D eigenvalue weighted by molar-refractivity contribution is -0.120. The van der Waals surface area contributed by atoms with E-state index in [1.165, 1.54) is 0 Å². The van der Waals surface area contributed by atoms with Crippen LogP contribution in [0, 0.1) is 13.8 Å². The second-order valence-electron chi connectivity index (χ2n) is 5.18. The Labute approximate surface area is 140 Å². The summed E-state index contributed by atoms with van der Waals surface area (Å²) in [6.07, 6.45) is 0. The van der Waals surface area contributed by atoms with Crippen molar-refractivity contribution in [3.05, 3.63) is 64.2 Å². The second-order valence-corrected chi connectivity index (χ2v) is 5.62. The minimum Gasteiger partial charge on any atom is -0.376 e. The summed E-state index contributed by atoms with van der Waals surface area (Å²) < 4.78 is 0. The Balaban J connectivity index is 1.81. The molecule has 3 N–H and O–H groups in total. The van der Waals surface area contributed by atoms with Crippen LogP contribution in [0.5, 0.6) is 0 Å². The van der Waals surface area contributed by atoms with E-state index in [1.807, 2.05) is 32.0 Å². The summed E-state index contributed by atoms with van der Waals surface area (Å²) in [7, 11) is 0. The van der Waals surface area contributed by atoms with Crippen molar-refractivity contribution in [3.63, 3.8) is 0 Å². The van der Waals surface area contributed by atoms with Crippen LogP contribution in [0.25, 0.3) is 0 Å². The fourth-order valence-corrected chi connectivity index (χ4v) is 2.16. The van der Waals surface area contributed by atoms with E-state index in [1.54, 1.807) is 24.3 Å². The average Bonchev–Trinajstić information content (AvgIpc) is 2.52. The summed E-state index contributed by atoms with van der Waals surface area (Å²) >= 11 is 5.76. The zero-order valence-corrected chi connectivity index (χ0v) is 13.7. The van der Waals surface area contributed by atoms with E-state index in [-0.39, 0.29) is 12.5 Å². The van der Waals surface area contributed by atoms with E-state index in [0.29, 0.717) is 10.6 Å². The predicted octanol–water partition coefficient (Wildman–Crippen LogP) is 2.83. The molecule has 0 atom stereocenters. The number of hydrazine groups is 1. The van der Waals surface area contributed by atoms with Crippen LogP contribution in [0.15, 0.2) is 42.5 Å². The number of hydrogen-bond donors (Lipinski definition) is 3. The van der Waals surface area contributed by atoms with Crippen molar-refractivity contribution in [1.82, 2.24) is 10.9 Å². The van der Waals surface area contributed by atoms with Crippen LogP contribution in [-0.4, -0.2) is 18.4 Å². The van der Waals surface area contributed by atoms with E-state index in [4.69, 9.17) is 11.6 Å². The van der Waals surface area contributed by atoms with Crippen LogP contribution in [0.3, 0.4) is 0 Å². The molecule has 23 heavy (non-hydrogen) atoms. The second kappa shape index (κ2) is 7.65. The highest BCUT2D eigenvalue weighted by Crippen LogP contribution is 2.15. The zero-order chi connectivity index (χ0) is 16.8. The van der Waals surface area contributed by atoms with Crippen molar-refractivity contribution in [1.29, 1.82) is 0 Å². The van der Waals surface area contributed by atoms with Gasteiger partial charge in [-0.15, -0.1) is 0 Å². The Morgan fingerprint density at radius 1 is 1.00 bits per heavy atom. The van der Waals surface area contributed by atoms with Gasteiger partial charge in [0, 0.05) is 16.3 Å². The van der Waals surface area contributed by atoms with Crippen molar-refractivity contribution >= 4 is 29.1 Å². The molecule has 6 heteroatoms. The number of carbonyl (C=O) groups is 2. The van der Waals surface area contributed by atoms with Gasteiger partial charge >= 0.3 is 0 Å². The zero-order valence-electron chi connectivity index (χ0n) is 12.9. The van der Waals surface area contributed by atoms with Crippen LogP contribution < -0.4 is 16.2 Å². The third-order valence-electron chi connectivity index (χ3n) is 3.24. The van der Waals surface area contributed by atoms with Gasteiger partial charge in [-0.1, -0.05) is 29.3 Å². The number of anilines is 1. The highest BCUT2D eigenvalue weighted by Gasteiger charge is 2.07. The predicted molar refractivity (Wildman–Crippen MR) is 91.5 cm³/mol. The maximum absolute atomic E-state index is 11.8. The molecule has 2 rings (SSSR count). The molecule has 2 amide bonds. The Bertz CT molecular complexity index is 714. The largest absolute Gasteiger partial charge is 0.376 e. The molecule has 0 fully saturated rings. The normalized spacial score (nSPS) is 10.0. The van der Waals surface area contributed by atoms with E-state index in [0.717, 1.165) is 16.8 Å². The highest BCUT2D eigenvalue weighted by molar-refractivity contribution is 6.30. The third-order valence-corrected chi connectivity index (χ3v) is 3.50. The molecule has 0 saturated heterocycles. The Morgan fingerprint density at radius 2 is 1.70 bits per heavy atom. The van der Waals surface area contributed by atoms with E-state index < -0.39 is 5.91 Å². The lowest BCUT2D eigenvalue weighted by atomic mass is 10.1. The number of benzene rings is 2. The molecule has 0 spiro atoms. The summed E-state index contributed by atoms with van der Waals surface area (Å²) in [4.78, 5) is 23.6. The van der Waals surface area contributed by atoms with Gasteiger partial charge in [-0.3, -0.25) is 20.4 Å². The molecule has 0 aliphatic heterocycles. The van der Waals surface area contributed by atoms with Crippen LogP contribution in [-0.2, 0) is 4.79 Å². The molecular formula is C17H18ClN3O2. The summed E-state index contributed by atoms with van der Waals surface area (Å²) in [5.41, 5.74) is 8.24. The third kappa shape index (κ3) is 5.00. The van der Waals surface area contributed by atoms with Gasteiger partial charge < -0.3 is 5.32 Å². The molecule has 0 aliphatic carbocycles. The first-order chi connectivity index (χ1) is 11.0. The van der Waals surface area contributed by atoms with E-state index >= 15 is 0 Å². The highest BCUT2D eigenvalue weighted by atomic mass is 35.5. The van der Waals surface area contributed by atoms with Crippen LogP contribution in [0.4, 0.5) is 5.69 Å². The smallest absolute Gasteiger partial charge is 0.269 e. The van der Waals surface area contributed by atoms with Crippen molar-refractivity contribution in [2.75, 3.05) is 11.9 Å². The fraction of sp³-hybridized carbons (Fsp3) is 0.176. The number of amides is 2. The fourth-order valence-electron chi connectivity index (χ4n) is 2.03. The topological polar surface area (TPSA) is 70.2 Å². The Hall–Kier alpha value is -2.53. The molecule has 0 radical (unpaired) electrons. The molecule has 5 nitrogen and oxygen atoms in total. The number of nitrogens with one attached hydrogen (secondary N) is 3. The molecule has 0 aromatic heterocycles. The van der Waals surface area contributed by atoms with Crippen molar-refractivity contribution in [3.8, 4) is 0 Å². The first-order valence-electron chi connectivity index (χ1n) is 7.11. The molecule has 0 unspecified atom stereocenters. The number of aryl methyl sites for hydroxylation is 2. The van der Waals surface area contributed by atoms with Crippen molar-refractivity contribution < 1.29 is 9.59 Å². The van der Waals surface area contributed by atoms with Gasteiger partial charge in [0.1, 0.15) is 0 Å². The molecule has 2 aromatic carbocycles. The molecule has 0 aliphatic rings. The quantitative estimate of drug-likeness (QED) is 0.754. The van der Waals surface area contributed by atoms with Crippen LogP contribution in [0.1, 0.15) is 21.5 Å². The SMILES string of the molecule is Cc1ccc(NCC(=O)NNC(=O)c2ccc(Cl)cc2)c(C)c1. The molecular weight excluding hydrogens is 314 g/mol. The monoisotopic (exact) mass is 331 g/mol. The molecule has 2 aromatic rings. The van der Waals surface area contributed by atoms with Crippen LogP contribution in [0.2, 0.25) is 5.02 Å². The number of hydrogen-bond acceptors (Lipinski definition) is 3. The average molecular weight is 332 g/mol. The lowest BCUT2D eigenvalue weighted by Gasteiger charge is -2.11. The summed E-state index contributed by atoms with van der Waals surface area (Å²) in [6, 6.07) is 12.3. The molecule has 0 heterocycles. The van der Waals surface area contributed by atoms with Crippen molar-refractivity contribution in [2.45, 2.75) is 13.8 Å². The van der Waals surface area contributed by atoms with Gasteiger partial charge in [-0.25, -0.2) is 0 Å². The van der Waals surface area contributed by atoms with Crippen LogP contribution >= 0.6 is 11.6 Å². The maximum atomic E-state index is 11.8. The minimum absolute atomic E-state index is 0.0603. The van der Waals surface area contributed by atoms with Gasteiger partial charge in [0.05, 0.1) is 6.54 Å². The first kappa shape index (κ1) is 16.8. The minimum atomic E-state index is -0.401. The van der Waals surface area contributed by atoms with Gasteiger partial charge in [0.25, 0.3) is 11.8 Å². The Morgan fingerprint density at radius 3 is 2.35 bits per heavy atom. The summed E-state index contributed by atoms with van der Waals surface area (Å²) in [5.74, 6) is -0.742. The van der Waals surface area contributed by atoms with Crippen molar-refractivity contribution in [2.24, 2.45) is 0 Å². The van der Waals surface area contributed by atoms with E-state index in [9.17, 15) is 9.59 Å². The number of rotatable bonds is 4. The molecule has 0 bridgehead atoms. The van der Waals surface area contributed by atoms with Gasteiger partial charge in [0.15, 0.2) is 0 Å². The Kier molecular flexibility index (Phi) is 5.60. The summed E-state index contributed by atoms with van der Waals surface area (Å²) in [5, 5.41) is 3.57. The standard InChI is InChI=1S/C17H18ClN3O2/c1-11-3-8-15(12(2)9-11)19-10-16(22)20-21-17(23)13-4-6-14(18)7-5-13/h3-9,19H,10H2,1-2H3,(H,20,22)(H,21,23). The number of halogens is 1. The van der Waals surface area contributed by atoms with E-state index in [2.05, 4.69) is 16.2 Å². The van der Waals surface area contributed by atoms with Gasteiger partial charge in [-0.2, -0.15) is 0 Å². The lowest BCUT2D eigenvalue weighted by Crippen LogP contribution is -2.44. The van der Waals surface area contributed by atoms with Gasteiger partial charge in [-0.05, 0) is 49.7 Å². The van der Waals surface area contributed by atoms with Gasteiger partial charge in [0.2, 0.25) is 0 Å². The number of carbonyl (C=O) groups excluding carboxylic acids is 2.